The molecule has 0 saturated carbocycles. The molecule has 47 heavy (non-hydrogen) atoms. The van der Waals surface area contributed by atoms with Gasteiger partial charge in [-0.1, -0.05) is 50.2 Å². The predicted octanol–water partition coefficient (Wildman–Crippen LogP) is 7.19. The fourth-order valence-corrected chi connectivity index (χ4v) is 6.02. The van der Waals surface area contributed by atoms with Gasteiger partial charge in [0, 0.05) is 48.0 Å². The molecule has 10 nitrogen and oxygen atoms in total. The summed E-state index contributed by atoms with van der Waals surface area (Å²) in [6.45, 7) is 6.62. The molecule has 0 radical (unpaired) electrons. The van der Waals surface area contributed by atoms with Crippen LogP contribution in [-0.4, -0.2) is 43.4 Å². The van der Waals surface area contributed by atoms with E-state index >= 15 is 0 Å². The summed E-state index contributed by atoms with van der Waals surface area (Å²) in [4.78, 5) is 27.6. The van der Waals surface area contributed by atoms with E-state index in [2.05, 4.69) is 93.8 Å². The first-order chi connectivity index (χ1) is 22.4. The summed E-state index contributed by atoms with van der Waals surface area (Å²) >= 11 is 0. The van der Waals surface area contributed by atoms with Crippen molar-refractivity contribution >= 4 is 50.2 Å². The average molecular weight is 795 g/mol. The minimum atomic E-state index is -0.0202. The van der Waals surface area contributed by atoms with Crippen molar-refractivity contribution in [2.75, 3.05) is 0 Å². The van der Waals surface area contributed by atoms with Crippen molar-refractivity contribution in [2.45, 2.75) is 26.2 Å². The van der Waals surface area contributed by atoms with Crippen molar-refractivity contribution < 1.29 is 25.8 Å². The van der Waals surface area contributed by atoms with Gasteiger partial charge in [-0.05, 0) is 34.6 Å². The quantitative estimate of drug-likeness (QED) is 0.174. The number of hydrogen-bond acceptors (Lipinski definition) is 7. The maximum Gasteiger partial charge on any atom is 2.00 e. The number of aromatic nitrogens is 9. The minimum Gasteiger partial charge on any atom is -0.509 e. The summed E-state index contributed by atoms with van der Waals surface area (Å²) in [5.41, 5.74) is 6.17. The molecule has 9 aromatic rings. The summed E-state index contributed by atoms with van der Waals surface area (Å²) in [5.74, 6) is 2.48. The molecule has 0 N–H and O–H groups in total. The molecular formula is C36H25N9OPt. The van der Waals surface area contributed by atoms with Crippen LogP contribution in [0.3, 0.4) is 0 Å². The molecule has 0 amide bonds. The summed E-state index contributed by atoms with van der Waals surface area (Å²) in [7, 11) is 0. The Morgan fingerprint density at radius 3 is 2.28 bits per heavy atom. The first-order valence-electron chi connectivity index (χ1n) is 14.9. The molecule has 6 aromatic heterocycles. The van der Waals surface area contributed by atoms with Gasteiger partial charge in [0.25, 0.3) is 0 Å². The third-order valence-electron chi connectivity index (χ3n) is 8.17. The van der Waals surface area contributed by atoms with Crippen molar-refractivity contribution in [1.29, 1.82) is 0 Å². The number of ether oxygens (including phenoxy) is 1. The number of pyridine rings is 1. The van der Waals surface area contributed by atoms with Gasteiger partial charge in [-0.2, -0.15) is 17.1 Å². The standard InChI is InChI=1S/C36H25N9O.Pt/c1-36(2,3)22-13-14-37-30(19-22)44-28-10-5-4-9-26(28)27-12-11-25(21-29(27)44)46-24-8-6-7-23(20-24)43-33-34(41-18-17-40-33)45-32-31(42-35(43)45)38-15-16-39-32;/h4-19H,1-3H3;/q-2;+2. The van der Waals surface area contributed by atoms with E-state index in [4.69, 9.17) is 14.7 Å². The molecule has 0 aliphatic heterocycles. The van der Waals surface area contributed by atoms with Crippen molar-refractivity contribution in [2.24, 2.45) is 0 Å². The van der Waals surface area contributed by atoms with Crippen LogP contribution in [0.2, 0.25) is 0 Å². The van der Waals surface area contributed by atoms with Crippen LogP contribution in [0.5, 0.6) is 11.5 Å². The van der Waals surface area contributed by atoms with Crippen LogP contribution in [0.4, 0.5) is 0 Å². The van der Waals surface area contributed by atoms with Gasteiger partial charge < -0.3 is 9.30 Å². The zero-order chi connectivity index (χ0) is 31.0. The van der Waals surface area contributed by atoms with Crippen LogP contribution in [0.25, 0.3) is 61.7 Å². The zero-order valence-electron chi connectivity index (χ0n) is 25.5. The Morgan fingerprint density at radius 1 is 0.660 bits per heavy atom. The van der Waals surface area contributed by atoms with Gasteiger partial charge >= 0.3 is 21.1 Å². The maximum atomic E-state index is 6.43. The molecule has 230 valence electrons. The number of para-hydroxylation sites is 1. The van der Waals surface area contributed by atoms with Crippen molar-refractivity contribution in [3.05, 3.63) is 115 Å². The fourth-order valence-electron chi connectivity index (χ4n) is 6.02. The molecule has 0 saturated heterocycles. The Morgan fingerprint density at radius 2 is 1.43 bits per heavy atom. The van der Waals surface area contributed by atoms with E-state index in [9.17, 15) is 0 Å². The van der Waals surface area contributed by atoms with Crippen LogP contribution >= 0.6 is 0 Å². The normalized spacial score (nSPS) is 12.0. The van der Waals surface area contributed by atoms with E-state index < -0.39 is 0 Å². The molecule has 0 unspecified atom stereocenters. The van der Waals surface area contributed by atoms with E-state index in [0.717, 1.165) is 27.6 Å². The van der Waals surface area contributed by atoms with E-state index in [1.54, 1.807) is 24.8 Å². The molecule has 9 rings (SSSR count). The number of imidazole rings is 2. The van der Waals surface area contributed by atoms with E-state index in [-0.39, 0.29) is 26.5 Å². The van der Waals surface area contributed by atoms with Crippen LogP contribution in [0.15, 0.2) is 97.7 Å². The Labute approximate surface area is 283 Å². The Hall–Kier alpha value is -5.47. The Bertz CT molecular complexity index is 2630. The van der Waals surface area contributed by atoms with Crippen molar-refractivity contribution in [3.63, 3.8) is 0 Å². The third-order valence-corrected chi connectivity index (χ3v) is 8.17. The summed E-state index contributed by atoms with van der Waals surface area (Å²) < 4.78 is 12.3. The van der Waals surface area contributed by atoms with Gasteiger partial charge in [-0.3, -0.25) is 4.57 Å². The third kappa shape index (κ3) is 4.59. The number of fused-ring (bicyclic) bond motifs is 8. The first kappa shape index (κ1) is 29.0. The van der Waals surface area contributed by atoms with Crippen LogP contribution in [0.1, 0.15) is 26.3 Å². The molecule has 0 fully saturated rings. The summed E-state index contributed by atoms with van der Waals surface area (Å²) in [5, 5.41) is 2.19. The van der Waals surface area contributed by atoms with Gasteiger partial charge in [-0.15, -0.1) is 35.7 Å². The molecular weight excluding hydrogens is 770 g/mol. The summed E-state index contributed by atoms with van der Waals surface area (Å²) in [6, 6.07) is 29.2. The molecule has 3 aromatic carbocycles. The molecule has 0 atom stereocenters. The number of rotatable bonds is 4. The smallest absolute Gasteiger partial charge is 0.509 e. The van der Waals surface area contributed by atoms with Crippen LogP contribution < -0.4 is 4.74 Å². The SMILES string of the molecule is CC(C)(C)c1ccnc(-n2c3[c-]c(Oc4[c-]c(-n5c6nccnc6n6c7nccnc7nc56)ccc4)ccc3c3ccccc32)c1.[Pt+2]. The molecule has 0 aliphatic carbocycles. The van der Waals surface area contributed by atoms with Gasteiger partial charge in [0.05, 0.1) is 0 Å². The topological polar surface area (TPSA) is 101 Å². The second-order valence-corrected chi connectivity index (χ2v) is 12.1. The number of nitrogens with zero attached hydrogens (tertiary/aromatic N) is 9. The van der Waals surface area contributed by atoms with Gasteiger partial charge in [0.15, 0.2) is 22.6 Å². The van der Waals surface area contributed by atoms with Crippen molar-refractivity contribution in [3.8, 4) is 23.0 Å². The molecule has 0 bridgehead atoms. The Balaban J connectivity index is 0.00000324. The van der Waals surface area contributed by atoms with Gasteiger partial charge in [0.2, 0.25) is 5.78 Å². The van der Waals surface area contributed by atoms with Crippen LogP contribution in [0, 0.1) is 12.1 Å². The van der Waals surface area contributed by atoms with Crippen molar-refractivity contribution in [1.82, 2.24) is 43.4 Å². The summed E-state index contributed by atoms with van der Waals surface area (Å²) in [6.07, 6.45) is 8.44. The first-order valence-corrected chi connectivity index (χ1v) is 14.9. The number of hydrogen-bond donors (Lipinski definition) is 0. The van der Waals surface area contributed by atoms with Crippen LogP contribution in [-0.2, 0) is 26.5 Å². The monoisotopic (exact) mass is 794 g/mol. The zero-order valence-corrected chi connectivity index (χ0v) is 27.8. The largest absolute Gasteiger partial charge is 2.00 e. The van der Waals surface area contributed by atoms with Gasteiger partial charge in [0.1, 0.15) is 5.82 Å². The average Bonchev–Trinajstić information content (AvgIpc) is 3.71. The predicted molar refractivity (Wildman–Crippen MR) is 176 cm³/mol. The van der Waals surface area contributed by atoms with E-state index in [0.29, 0.717) is 45.6 Å². The molecule has 0 aliphatic rings. The molecule has 11 heteroatoms. The van der Waals surface area contributed by atoms with E-state index in [1.807, 2.05) is 45.5 Å². The second kappa shape index (κ2) is 10.8. The minimum absolute atomic E-state index is 0. The number of benzene rings is 3. The maximum absolute atomic E-state index is 6.43. The molecule has 6 heterocycles. The molecule has 0 spiro atoms. The van der Waals surface area contributed by atoms with E-state index in [1.165, 1.54) is 5.56 Å². The fraction of sp³-hybridized carbons (Fsp3) is 0.111. The Kier molecular flexibility index (Phi) is 6.66. The van der Waals surface area contributed by atoms with Gasteiger partial charge in [-0.25, -0.2) is 29.3 Å². The second-order valence-electron chi connectivity index (χ2n) is 12.1.